The number of likely N-dealkylation sites (N-methyl/N-ethyl adjacent to an activating group) is 1. The minimum atomic E-state index is -4.81. The Balaban J connectivity index is 0.000000405. The van der Waals surface area contributed by atoms with Gasteiger partial charge in [0.2, 0.25) is 5.91 Å². The van der Waals surface area contributed by atoms with E-state index < -0.39 is 36.1 Å². The number of pyridine rings is 2. The molecule has 1 fully saturated rings. The Labute approximate surface area is 211 Å². The number of aryl methyl sites for hydroxylation is 1. The number of anilines is 2. The Morgan fingerprint density at radius 3 is 2.35 bits per heavy atom. The third-order valence-electron chi connectivity index (χ3n) is 5.48. The van der Waals surface area contributed by atoms with Gasteiger partial charge in [0.15, 0.2) is 6.04 Å². The number of para-hydroxylation sites is 1. The van der Waals surface area contributed by atoms with E-state index >= 15 is 0 Å². The highest BCUT2D eigenvalue weighted by Crippen LogP contribution is 2.33. The minimum absolute atomic E-state index is 0.257. The van der Waals surface area contributed by atoms with E-state index in [2.05, 4.69) is 9.97 Å². The first-order valence-electron chi connectivity index (χ1n) is 11.1. The van der Waals surface area contributed by atoms with Gasteiger partial charge in [-0.25, -0.2) is 9.78 Å². The van der Waals surface area contributed by atoms with E-state index in [4.69, 9.17) is 5.73 Å². The summed E-state index contributed by atoms with van der Waals surface area (Å²) in [5.74, 6) is -0.713. The molecule has 0 spiro atoms. The van der Waals surface area contributed by atoms with E-state index in [1.165, 1.54) is 24.2 Å². The highest BCUT2D eigenvalue weighted by Gasteiger charge is 2.49. The molecule has 2 aromatic heterocycles. The summed E-state index contributed by atoms with van der Waals surface area (Å²) in [4.78, 5) is 46.2. The van der Waals surface area contributed by atoms with Crippen molar-refractivity contribution in [2.75, 3.05) is 17.7 Å². The lowest BCUT2D eigenvalue weighted by Crippen LogP contribution is -2.64. The number of amides is 4. The van der Waals surface area contributed by atoms with E-state index in [1.54, 1.807) is 41.8 Å². The van der Waals surface area contributed by atoms with Gasteiger partial charge in [-0.05, 0) is 42.8 Å². The molecule has 12 heteroatoms. The van der Waals surface area contributed by atoms with E-state index in [-0.39, 0.29) is 12.0 Å². The summed E-state index contributed by atoms with van der Waals surface area (Å²) in [6.07, 6.45) is -1.10. The minimum Gasteiger partial charge on any atom is -0.384 e. The number of nitrogen functional groups attached to an aromatic ring is 1. The number of halogens is 3. The van der Waals surface area contributed by atoms with Gasteiger partial charge in [-0.3, -0.25) is 19.5 Å². The molecule has 0 aliphatic carbocycles. The van der Waals surface area contributed by atoms with E-state index in [0.29, 0.717) is 16.4 Å². The van der Waals surface area contributed by atoms with Crippen LogP contribution in [0.1, 0.15) is 23.6 Å². The lowest BCUT2D eigenvalue weighted by atomic mass is 10.0. The van der Waals surface area contributed by atoms with Crippen molar-refractivity contribution in [1.82, 2.24) is 20.2 Å². The van der Waals surface area contributed by atoms with Crippen LogP contribution in [0.15, 0.2) is 73.2 Å². The van der Waals surface area contributed by atoms with Crippen molar-refractivity contribution in [3.05, 3.63) is 84.3 Å². The summed E-state index contributed by atoms with van der Waals surface area (Å²) in [5.41, 5.74) is 6.74. The topological polar surface area (TPSA) is 122 Å². The van der Waals surface area contributed by atoms with Crippen LogP contribution in [-0.2, 0) is 9.59 Å². The fourth-order valence-electron chi connectivity index (χ4n) is 3.52. The van der Waals surface area contributed by atoms with Crippen molar-refractivity contribution in [3.8, 4) is 0 Å². The third kappa shape index (κ3) is 6.81. The molecule has 4 rings (SSSR count). The quantitative estimate of drug-likeness (QED) is 0.513. The van der Waals surface area contributed by atoms with Crippen LogP contribution in [0, 0.1) is 6.92 Å². The molecule has 2 unspecified atom stereocenters. The first-order valence-corrected chi connectivity index (χ1v) is 11.1. The van der Waals surface area contributed by atoms with Crippen molar-refractivity contribution in [1.29, 1.82) is 0 Å². The van der Waals surface area contributed by atoms with E-state index in [0.717, 1.165) is 17.8 Å². The van der Waals surface area contributed by atoms with Crippen LogP contribution >= 0.6 is 0 Å². The van der Waals surface area contributed by atoms with Crippen LogP contribution < -0.4 is 16.0 Å². The fourth-order valence-corrected chi connectivity index (χ4v) is 3.52. The Morgan fingerprint density at radius 2 is 1.84 bits per heavy atom. The largest absolute Gasteiger partial charge is 0.412 e. The number of rotatable bonds is 4. The Hall–Kier alpha value is -4.48. The number of nitrogens with one attached hydrogen (secondary N) is 1. The molecule has 0 bridgehead atoms. The van der Waals surface area contributed by atoms with Crippen LogP contribution in [-0.4, -0.2) is 52.0 Å². The van der Waals surface area contributed by atoms with Crippen LogP contribution in [0.2, 0.25) is 0 Å². The zero-order chi connectivity index (χ0) is 27.2. The number of benzene rings is 1. The number of nitrogens with zero attached hydrogens (tertiary/aromatic N) is 4. The predicted molar refractivity (Wildman–Crippen MR) is 130 cm³/mol. The van der Waals surface area contributed by atoms with Crippen LogP contribution in [0.4, 0.5) is 29.5 Å². The molecule has 2 atom stereocenters. The first kappa shape index (κ1) is 27.1. The number of alkyl halides is 3. The summed E-state index contributed by atoms with van der Waals surface area (Å²) in [5, 5.41) is 1.80. The zero-order valence-electron chi connectivity index (χ0n) is 20.0. The second kappa shape index (κ2) is 11.5. The summed E-state index contributed by atoms with van der Waals surface area (Å²) in [6.45, 7) is 1.98. The Kier molecular flexibility index (Phi) is 8.43. The number of nitrogens with two attached hydrogens (primary N) is 1. The molecule has 1 aromatic carbocycles. The second-order valence-electron chi connectivity index (χ2n) is 8.18. The maximum Gasteiger partial charge on any atom is 0.412 e. The van der Waals surface area contributed by atoms with Crippen molar-refractivity contribution in [2.45, 2.75) is 31.6 Å². The highest BCUT2D eigenvalue weighted by atomic mass is 19.4. The summed E-state index contributed by atoms with van der Waals surface area (Å²) >= 11 is 0. The van der Waals surface area contributed by atoms with Gasteiger partial charge >= 0.3 is 12.2 Å². The molecule has 1 saturated heterocycles. The summed E-state index contributed by atoms with van der Waals surface area (Å²) < 4.78 is 40.3. The lowest BCUT2D eigenvalue weighted by molar-refractivity contribution is -0.158. The molecule has 3 heterocycles. The number of hydrogen-bond acceptors (Lipinski definition) is 6. The van der Waals surface area contributed by atoms with Gasteiger partial charge in [0.05, 0.1) is 6.42 Å². The summed E-state index contributed by atoms with van der Waals surface area (Å²) in [7, 11) is 1.46. The number of β-lactam (4-membered cyclic amide) rings is 1. The molecule has 37 heavy (non-hydrogen) atoms. The Bertz CT molecular complexity index is 1220. The molecular formula is C25H25F3N6O3. The molecule has 1 aliphatic heterocycles. The average Bonchev–Trinajstić information content (AvgIpc) is 2.85. The van der Waals surface area contributed by atoms with Crippen molar-refractivity contribution >= 4 is 29.4 Å². The standard InChI is InChI=1S/C19H17F3N4O3.C6H8N2/c1-25(13-7-3-2-4-8-13)17(28)14-10-15(27)26(14)18(29)24-16(19(20,21)22)12-6-5-9-23-11-12;1-5-2-3-8-6(7)4-5/h2-9,11,14,16H,10H2,1H3,(H,24,29);2-4H,1H3,(H2,7,8). The van der Waals surface area contributed by atoms with Gasteiger partial charge in [-0.2, -0.15) is 13.2 Å². The molecule has 1 aliphatic rings. The second-order valence-corrected chi connectivity index (χ2v) is 8.18. The molecule has 3 N–H and O–H groups in total. The normalized spacial score (nSPS) is 15.5. The predicted octanol–water partition coefficient (Wildman–Crippen LogP) is 3.63. The number of aromatic nitrogens is 2. The third-order valence-corrected chi connectivity index (χ3v) is 5.48. The van der Waals surface area contributed by atoms with Gasteiger partial charge in [0.25, 0.3) is 5.91 Å². The number of hydrogen-bond donors (Lipinski definition) is 2. The van der Waals surface area contributed by atoms with E-state index in [9.17, 15) is 27.6 Å². The molecule has 4 amide bonds. The average molecular weight is 515 g/mol. The van der Waals surface area contributed by atoms with Crippen LogP contribution in [0.25, 0.3) is 0 Å². The van der Waals surface area contributed by atoms with Crippen molar-refractivity contribution in [3.63, 3.8) is 0 Å². The van der Waals surface area contributed by atoms with Gasteiger partial charge in [0.1, 0.15) is 11.9 Å². The molecule has 3 aromatic rings. The number of imide groups is 1. The molecule has 0 saturated carbocycles. The monoisotopic (exact) mass is 514 g/mol. The van der Waals surface area contributed by atoms with Crippen molar-refractivity contribution < 1.29 is 27.6 Å². The van der Waals surface area contributed by atoms with Gasteiger partial charge < -0.3 is 16.0 Å². The smallest absolute Gasteiger partial charge is 0.384 e. The van der Waals surface area contributed by atoms with Crippen LogP contribution in [0.3, 0.4) is 0 Å². The lowest BCUT2D eigenvalue weighted by Gasteiger charge is -2.40. The maximum absolute atomic E-state index is 13.4. The zero-order valence-corrected chi connectivity index (χ0v) is 20.0. The van der Waals surface area contributed by atoms with Gasteiger partial charge in [-0.1, -0.05) is 24.3 Å². The van der Waals surface area contributed by atoms with Gasteiger partial charge in [-0.15, -0.1) is 0 Å². The van der Waals surface area contributed by atoms with Gasteiger partial charge in [0, 0.05) is 36.9 Å². The molecule has 0 radical (unpaired) electrons. The van der Waals surface area contributed by atoms with Crippen molar-refractivity contribution in [2.24, 2.45) is 0 Å². The van der Waals surface area contributed by atoms with Crippen LogP contribution in [0.5, 0.6) is 0 Å². The SMILES string of the molecule is CN(C(=O)C1CC(=O)N1C(=O)NC(c1cccnc1)C(F)(F)F)c1ccccc1.Cc1ccnc(N)c1. The number of urea groups is 1. The van der Waals surface area contributed by atoms with E-state index in [1.807, 2.05) is 19.1 Å². The number of carbonyl (C=O) groups excluding carboxylic acids is 3. The molecule has 194 valence electrons. The number of likely N-dealkylation sites (tertiary alicyclic amines) is 1. The molecule has 9 nitrogen and oxygen atoms in total. The maximum atomic E-state index is 13.4. The highest BCUT2D eigenvalue weighted by molar-refractivity contribution is 6.11. The first-order chi connectivity index (χ1) is 17.5. The summed E-state index contributed by atoms with van der Waals surface area (Å²) in [6, 6.07) is 9.87. The molecular weight excluding hydrogens is 489 g/mol. The Morgan fingerprint density at radius 1 is 1.14 bits per heavy atom. The fraction of sp³-hybridized carbons (Fsp3) is 0.240. The number of carbonyl (C=O) groups is 3.